The van der Waals surface area contributed by atoms with Crippen LogP contribution in [0.4, 0.5) is 4.39 Å². The average molecular weight is 296 g/mol. The van der Waals surface area contributed by atoms with Crippen molar-refractivity contribution in [3.05, 3.63) is 46.7 Å². The van der Waals surface area contributed by atoms with Crippen LogP contribution in [0.2, 0.25) is 0 Å². The molecule has 1 aliphatic rings. The molecule has 0 unspecified atom stereocenters. The van der Waals surface area contributed by atoms with Crippen LogP contribution in [0.5, 0.6) is 0 Å². The molecule has 0 radical (unpaired) electrons. The van der Waals surface area contributed by atoms with Gasteiger partial charge in [0.15, 0.2) is 0 Å². The average Bonchev–Trinajstić information content (AvgIpc) is 2.68. The number of imidazole rings is 1. The molecule has 0 saturated carbocycles. The summed E-state index contributed by atoms with van der Waals surface area (Å²) < 4.78 is 15.7. The van der Waals surface area contributed by atoms with Gasteiger partial charge in [0.25, 0.3) is 0 Å². The summed E-state index contributed by atoms with van der Waals surface area (Å²) in [5.74, 6) is 0.252. The van der Waals surface area contributed by atoms with Crippen LogP contribution in [0.25, 0.3) is 5.69 Å². The second-order valence-electron chi connectivity index (χ2n) is 4.14. The summed E-state index contributed by atoms with van der Waals surface area (Å²) in [6, 6.07) is 4.99. The third-order valence-corrected chi connectivity index (χ3v) is 3.66. The number of hydrogen-bond donors (Lipinski definition) is 1. The van der Waals surface area contributed by atoms with Crippen molar-refractivity contribution >= 4 is 15.9 Å². The maximum absolute atomic E-state index is 13.2. The molecular weight excluding hydrogens is 285 g/mol. The van der Waals surface area contributed by atoms with Crippen molar-refractivity contribution in [3.63, 3.8) is 0 Å². The van der Waals surface area contributed by atoms with E-state index in [0.717, 1.165) is 18.8 Å². The fourth-order valence-corrected chi connectivity index (χ4v) is 2.32. The van der Waals surface area contributed by atoms with Gasteiger partial charge in [-0.05, 0) is 34.1 Å². The van der Waals surface area contributed by atoms with Crippen molar-refractivity contribution < 1.29 is 4.39 Å². The zero-order valence-corrected chi connectivity index (χ0v) is 10.6. The summed E-state index contributed by atoms with van der Waals surface area (Å²) in [7, 11) is 0. The fraction of sp³-hybridized carbons (Fsp3) is 0.250. The van der Waals surface area contributed by atoms with E-state index in [-0.39, 0.29) is 5.82 Å². The monoisotopic (exact) mass is 295 g/mol. The Morgan fingerprint density at radius 3 is 2.88 bits per heavy atom. The second kappa shape index (κ2) is 4.23. The Balaban J connectivity index is 2.02. The van der Waals surface area contributed by atoms with Crippen molar-refractivity contribution in [1.29, 1.82) is 0 Å². The third kappa shape index (κ3) is 1.89. The molecule has 1 aromatic carbocycles. The lowest BCUT2D eigenvalue weighted by molar-refractivity contribution is 0.435. The quantitative estimate of drug-likeness (QED) is 0.922. The van der Waals surface area contributed by atoms with Crippen LogP contribution in [-0.2, 0) is 0 Å². The lowest BCUT2D eigenvalue weighted by atomic mass is 10.00. The van der Waals surface area contributed by atoms with Crippen molar-refractivity contribution in [1.82, 2.24) is 14.9 Å². The van der Waals surface area contributed by atoms with Crippen LogP contribution in [-0.4, -0.2) is 22.6 Å². The molecule has 88 valence electrons. The SMILES string of the molecule is Fc1ccc(-n2cncc2C2CNC2)cc1Br. The van der Waals surface area contributed by atoms with E-state index in [1.54, 1.807) is 18.5 Å². The molecule has 0 aliphatic carbocycles. The Hall–Kier alpha value is -1.20. The Morgan fingerprint density at radius 2 is 2.24 bits per heavy atom. The molecule has 0 atom stereocenters. The third-order valence-electron chi connectivity index (χ3n) is 3.05. The molecule has 0 spiro atoms. The van der Waals surface area contributed by atoms with E-state index in [1.807, 2.05) is 10.8 Å². The smallest absolute Gasteiger partial charge is 0.137 e. The zero-order chi connectivity index (χ0) is 11.8. The second-order valence-corrected chi connectivity index (χ2v) is 5.00. The van der Waals surface area contributed by atoms with Gasteiger partial charge in [0.1, 0.15) is 5.82 Å². The normalized spacial score (nSPS) is 15.9. The van der Waals surface area contributed by atoms with Crippen molar-refractivity contribution in [2.45, 2.75) is 5.92 Å². The first-order chi connectivity index (χ1) is 8.25. The van der Waals surface area contributed by atoms with Crippen LogP contribution in [0, 0.1) is 5.82 Å². The van der Waals surface area contributed by atoms with Gasteiger partial charge in [-0.15, -0.1) is 0 Å². The van der Waals surface area contributed by atoms with Gasteiger partial charge in [0.05, 0.1) is 10.8 Å². The maximum atomic E-state index is 13.2. The largest absolute Gasteiger partial charge is 0.315 e. The van der Waals surface area contributed by atoms with E-state index in [2.05, 4.69) is 26.2 Å². The molecule has 0 amide bonds. The summed E-state index contributed by atoms with van der Waals surface area (Å²) in [5.41, 5.74) is 2.10. The fourth-order valence-electron chi connectivity index (χ4n) is 1.96. The first-order valence-electron chi connectivity index (χ1n) is 5.44. The molecule has 3 nitrogen and oxygen atoms in total. The predicted molar refractivity (Wildman–Crippen MR) is 66.8 cm³/mol. The van der Waals surface area contributed by atoms with Gasteiger partial charge in [-0.1, -0.05) is 0 Å². The molecule has 17 heavy (non-hydrogen) atoms. The number of hydrogen-bond acceptors (Lipinski definition) is 2. The molecule has 1 N–H and O–H groups in total. The number of aromatic nitrogens is 2. The van der Waals surface area contributed by atoms with E-state index in [0.29, 0.717) is 10.4 Å². The minimum absolute atomic E-state index is 0.249. The number of benzene rings is 1. The lowest BCUT2D eigenvalue weighted by Gasteiger charge is -2.27. The van der Waals surface area contributed by atoms with Gasteiger partial charge in [-0.2, -0.15) is 0 Å². The van der Waals surface area contributed by atoms with Crippen molar-refractivity contribution in [2.75, 3.05) is 13.1 Å². The lowest BCUT2D eigenvalue weighted by Crippen LogP contribution is -2.40. The van der Waals surface area contributed by atoms with Gasteiger partial charge in [0.2, 0.25) is 0 Å². The predicted octanol–water partition coefficient (Wildman–Crippen LogP) is 2.46. The van der Waals surface area contributed by atoms with Crippen LogP contribution >= 0.6 is 15.9 Å². The Morgan fingerprint density at radius 1 is 1.41 bits per heavy atom. The summed E-state index contributed by atoms with van der Waals surface area (Å²) >= 11 is 3.20. The van der Waals surface area contributed by atoms with E-state index in [4.69, 9.17) is 0 Å². The molecule has 2 aromatic rings. The summed E-state index contributed by atoms with van der Waals surface area (Å²) in [6.07, 6.45) is 3.65. The summed E-state index contributed by atoms with van der Waals surface area (Å²) in [5, 5.41) is 3.24. The first-order valence-corrected chi connectivity index (χ1v) is 6.23. The number of rotatable bonds is 2. The Bertz CT molecular complexity index is 548. The number of halogens is 2. The Kier molecular flexibility index (Phi) is 2.72. The number of nitrogens with zero attached hydrogens (tertiary/aromatic N) is 2. The minimum atomic E-state index is -0.249. The number of nitrogens with one attached hydrogen (secondary N) is 1. The van der Waals surface area contributed by atoms with E-state index >= 15 is 0 Å². The van der Waals surface area contributed by atoms with E-state index < -0.39 is 0 Å². The van der Waals surface area contributed by atoms with Gasteiger partial charge >= 0.3 is 0 Å². The summed E-state index contributed by atoms with van der Waals surface area (Å²) in [6.45, 7) is 1.96. The first kappa shape index (κ1) is 10.9. The Labute approximate surface area is 107 Å². The summed E-state index contributed by atoms with van der Waals surface area (Å²) in [4.78, 5) is 4.18. The molecule has 1 aliphatic heterocycles. The highest BCUT2D eigenvalue weighted by Crippen LogP contribution is 2.25. The van der Waals surface area contributed by atoms with Crippen LogP contribution in [0.15, 0.2) is 35.2 Å². The molecule has 3 rings (SSSR count). The highest BCUT2D eigenvalue weighted by Gasteiger charge is 2.22. The van der Waals surface area contributed by atoms with E-state index in [9.17, 15) is 4.39 Å². The van der Waals surface area contributed by atoms with Gasteiger partial charge in [-0.3, -0.25) is 0 Å². The molecular formula is C12H11BrFN3. The molecule has 5 heteroatoms. The van der Waals surface area contributed by atoms with Crippen molar-refractivity contribution in [2.24, 2.45) is 0 Å². The zero-order valence-electron chi connectivity index (χ0n) is 9.03. The van der Waals surface area contributed by atoms with Crippen LogP contribution < -0.4 is 5.32 Å². The topological polar surface area (TPSA) is 29.9 Å². The molecule has 2 heterocycles. The van der Waals surface area contributed by atoms with Gasteiger partial charge in [-0.25, -0.2) is 9.37 Å². The maximum Gasteiger partial charge on any atom is 0.137 e. The van der Waals surface area contributed by atoms with Gasteiger partial charge in [0, 0.05) is 36.6 Å². The van der Waals surface area contributed by atoms with E-state index in [1.165, 1.54) is 11.8 Å². The standard InChI is InChI=1S/C12H11BrFN3/c13-10-3-9(1-2-11(10)14)17-7-16-6-12(17)8-4-15-5-8/h1-3,6-8,15H,4-5H2. The van der Waals surface area contributed by atoms with Crippen molar-refractivity contribution in [3.8, 4) is 5.69 Å². The highest BCUT2D eigenvalue weighted by molar-refractivity contribution is 9.10. The van der Waals surface area contributed by atoms with Gasteiger partial charge < -0.3 is 9.88 Å². The molecule has 1 fully saturated rings. The highest BCUT2D eigenvalue weighted by atomic mass is 79.9. The van der Waals surface area contributed by atoms with Crippen LogP contribution in [0.1, 0.15) is 11.6 Å². The molecule has 1 saturated heterocycles. The van der Waals surface area contributed by atoms with Crippen LogP contribution in [0.3, 0.4) is 0 Å². The molecule has 1 aromatic heterocycles. The minimum Gasteiger partial charge on any atom is -0.315 e. The molecule has 0 bridgehead atoms.